The Kier molecular flexibility index (Phi) is 7.57. The molecule has 2 aromatic carbocycles. The van der Waals surface area contributed by atoms with E-state index in [0.717, 1.165) is 16.7 Å². The van der Waals surface area contributed by atoms with E-state index >= 15 is 0 Å². The Morgan fingerprint density at radius 2 is 1.40 bits per heavy atom. The second-order valence-corrected chi connectivity index (χ2v) is 6.28. The molecule has 2 rings (SSSR count). The van der Waals surface area contributed by atoms with Crippen molar-refractivity contribution in [3.05, 3.63) is 46.0 Å². The number of carbonyl (C=O) groups excluding carboxylic acids is 1. The molecule has 1 atom stereocenters. The Labute approximate surface area is 165 Å². The Morgan fingerprint density at radius 1 is 0.880 bits per heavy atom. The van der Waals surface area contributed by atoms with Gasteiger partial charge >= 0.3 is 18.9 Å². The van der Waals surface area contributed by atoms with Gasteiger partial charge < -0.3 is 15.6 Å². The van der Waals surface area contributed by atoms with Crippen molar-refractivity contribution in [3.63, 3.8) is 0 Å². The van der Waals surface area contributed by atoms with Crippen molar-refractivity contribution >= 4 is 20.3 Å². The van der Waals surface area contributed by atoms with Crippen LogP contribution >= 0.6 is 9.24 Å². The van der Waals surface area contributed by atoms with Gasteiger partial charge in [0.05, 0.1) is 26.6 Å². The van der Waals surface area contributed by atoms with E-state index in [9.17, 15) is 4.79 Å². The average Bonchev–Trinajstić information content (AvgIpc) is 2.53. The molecule has 0 bridgehead atoms. The molecule has 0 saturated heterocycles. The summed E-state index contributed by atoms with van der Waals surface area (Å²) in [6.45, 7) is 5.90. The maximum Gasteiger partial charge on any atom is 1.00 e. The fourth-order valence-corrected chi connectivity index (χ4v) is 3.51. The number of methoxy groups -OCH3 is 3. The summed E-state index contributed by atoms with van der Waals surface area (Å²) < 4.78 is 16.3. The number of hydrogen-bond donors (Lipinski definition) is 0. The fraction of sp³-hybridized carbons (Fsp3) is 0.316. The topological polar surface area (TPSA) is 44.8 Å². The normalized spacial score (nSPS) is 10.0. The summed E-state index contributed by atoms with van der Waals surface area (Å²) in [4.78, 5) is 13.3. The minimum atomic E-state index is -0.120. The number of aryl methyl sites for hydroxylation is 3. The van der Waals surface area contributed by atoms with Crippen LogP contribution in [0.3, 0.4) is 0 Å². The Morgan fingerprint density at radius 3 is 1.84 bits per heavy atom. The number of ketones is 1. The smallest absolute Gasteiger partial charge is 1.00 e. The van der Waals surface area contributed by atoms with Gasteiger partial charge in [0.1, 0.15) is 22.8 Å². The zero-order valence-electron chi connectivity index (χ0n) is 16.9. The van der Waals surface area contributed by atoms with Crippen LogP contribution in [0.1, 0.15) is 34.0 Å². The first kappa shape index (κ1) is 21.6. The molecule has 0 aromatic heterocycles. The van der Waals surface area contributed by atoms with Gasteiger partial charge in [0.15, 0.2) is 0 Å². The van der Waals surface area contributed by atoms with E-state index in [1.54, 1.807) is 13.2 Å². The zero-order chi connectivity index (χ0) is 18.0. The Hall–Kier alpha value is -1.46. The summed E-state index contributed by atoms with van der Waals surface area (Å²) in [5, 5.41) is 0.687. The summed E-state index contributed by atoms with van der Waals surface area (Å²) in [5.41, 5.74) is 4.07. The first-order chi connectivity index (χ1) is 11.3. The van der Waals surface area contributed by atoms with E-state index in [2.05, 4.69) is 9.24 Å². The predicted octanol–water partition coefficient (Wildman–Crippen LogP) is 0.486. The number of ether oxygens (including phenoxy) is 3. The second kappa shape index (κ2) is 8.76. The van der Waals surface area contributed by atoms with Gasteiger partial charge in [-0.1, -0.05) is 26.9 Å². The van der Waals surface area contributed by atoms with Crippen molar-refractivity contribution in [2.45, 2.75) is 20.8 Å². The second-order valence-electron chi connectivity index (χ2n) is 5.71. The molecule has 0 N–H and O–H groups in total. The minimum absolute atomic E-state index is 0. The van der Waals surface area contributed by atoms with Crippen molar-refractivity contribution in [1.82, 2.24) is 0 Å². The molecule has 0 aliphatic carbocycles. The van der Waals surface area contributed by atoms with E-state index in [0.29, 0.717) is 33.7 Å². The number of carbonyl (C=O) groups is 1. The quantitative estimate of drug-likeness (QED) is 0.445. The molecule has 0 saturated carbocycles. The van der Waals surface area contributed by atoms with Crippen molar-refractivity contribution < 1.29 is 39.3 Å². The molecule has 0 aliphatic heterocycles. The monoisotopic (exact) mass is 354 g/mol. The fourth-order valence-electron chi connectivity index (χ4n) is 3.05. The van der Waals surface area contributed by atoms with Crippen LogP contribution in [-0.4, -0.2) is 27.1 Å². The first-order valence-corrected chi connectivity index (χ1v) is 8.14. The predicted molar refractivity (Wildman–Crippen MR) is 101 cm³/mol. The standard InChI is InChI=1S/C19H23O4P.Li.H/c1-10-7-11(2)15(12(3)8-10)17(20)16-13(21-4)9-14(22-5)19(24)18(16)23-6;;/h7-9H,24H2,1-6H3;;/q;+1;-1. The van der Waals surface area contributed by atoms with Crippen LogP contribution in [0.5, 0.6) is 17.2 Å². The van der Waals surface area contributed by atoms with Gasteiger partial charge in [-0.05, 0) is 31.9 Å². The Balaban J connectivity index is 0.00000312. The first-order valence-electron chi connectivity index (χ1n) is 7.56. The van der Waals surface area contributed by atoms with Gasteiger partial charge in [0.2, 0.25) is 5.78 Å². The van der Waals surface area contributed by atoms with E-state index in [1.165, 1.54) is 14.2 Å². The summed E-state index contributed by atoms with van der Waals surface area (Å²) >= 11 is 0. The van der Waals surface area contributed by atoms with Gasteiger partial charge in [-0.25, -0.2) is 0 Å². The number of benzene rings is 2. The molecule has 0 radical (unpaired) electrons. The molecule has 2 aromatic rings. The summed E-state index contributed by atoms with van der Waals surface area (Å²) in [6.07, 6.45) is 0. The van der Waals surface area contributed by atoms with Crippen LogP contribution in [0.15, 0.2) is 18.2 Å². The van der Waals surface area contributed by atoms with Crippen molar-refractivity contribution in [3.8, 4) is 17.2 Å². The zero-order valence-corrected chi connectivity index (χ0v) is 17.1. The number of rotatable bonds is 5. The summed E-state index contributed by atoms with van der Waals surface area (Å²) in [5.74, 6) is 1.34. The van der Waals surface area contributed by atoms with E-state index in [4.69, 9.17) is 14.2 Å². The Bertz CT molecular complexity index is 786. The maximum atomic E-state index is 13.3. The van der Waals surface area contributed by atoms with Gasteiger partial charge in [0.25, 0.3) is 0 Å². The van der Waals surface area contributed by atoms with Gasteiger partial charge in [0, 0.05) is 11.6 Å². The third-order valence-corrected chi connectivity index (χ3v) is 4.57. The molecule has 4 nitrogen and oxygen atoms in total. The average molecular weight is 354 g/mol. The minimum Gasteiger partial charge on any atom is -1.00 e. The molecule has 0 fully saturated rings. The SMILES string of the molecule is COc1cc(OC)c(C(=O)c2c(C)cc(C)cc2C)c(OC)c1P.[H-].[Li+]. The van der Waals surface area contributed by atoms with E-state index in [-0.39, 0.29) is 26.1 Å². The molecular formula is C19H24LiO4P. The summed E-state index contributed by atoms with van der Waals surface area (Å²) in [6, 6.07) is 5.71. The van der Waals surface area contributed by atoms with Gasteiger partial charge in [-0.3, -0.25) is 4.79 Å². The molecule has 1 unspecified atom stereocenters. The molecule has 130 valence electrons. The van der Waals surface area contributed by atoms with Crippen LogP contribution < -0.4 is 38.4 Å². The molecule has 25 heavy (non-hydrogen) atoms. The third kappa shape index (κ3) is 4.03. The van der Waals surface area contributed by atoms with E-state index < -0.39 is 0 Å². The largest absolute Gasteiger partial charge is 1.00 e. The van der Waals surface area contributed by atoms with Crippen LogP contribution in [0.25, 0.3) is 0 Å². The van der Waals surface area contributed by atoms with Crippen LogP contribution in [0, 0.1) is 20.8 Å². The molecule has 0 amide bonds. The summed E-state index contributed by atoms with van der Waals surface area (Å²) in [7, 11) is 7.20. The molecule has 0 spiro atoms. The van der Waals surface area contributed by atoms with Crippen molar-refractivity contribution in [2.24, 2.45) is 0 Å². The molecule has 6 heteroatoms. The van der Waals surface area contributed by atoms with Crippen LogP contribution in [0.2, 0.25) is 0 Å². The number of hydrogen-bond acceptors (Lipinski definition) is 4. The maximum absolute atomic E-state index is 13.3. The van der Waals surface area contributed by atoms with Crippen molar-refractivity contribution in [1.29, 1.82) is 0 Å². The van der Waals surface area contributed by atoms with Crippen molar-refractivity contribution in [2.75, 3.05) is 21.3 Å². The molecule has 0 aliphatic rings. The van der Waals surface area contributed by atoms with Crippen LogP contribution in [0.4, 0.5) is 0 Å². The third-order valence-electron chi connectivity index (χ3n) is 4.02. The van der Waals surface area contributed by atoms with Gasteiger partial charge in [-0.2, -0.15) is 0 Å². The molecular weight excluding hydrogens is 330 g/mol. The molecule has 0 heterocycles. The van der Waals surface area contributed by atoms with Gasteiger partial charge in [-0.15, -0.1) is 0 Å². The van der Waals surface area contributed by atoms with E-state index in [1.807, 2.05) is 32.9 Å². The van der Waals surface area contributed by atoms with Crippen LogP contribution in [-0.2, 0) is 0 Å².